The smallest absolute Gasteiger partial charge is 0.308 e. The van der Waals surface area contributed by atoms with Crippen molar-refractivity contribution in [3.63, 3.8) is 0 Å². The van der Waals surface area contributed by atoms with Gasteiger partial charge in [0.05, 0.1) is 17.8 Å². The van der Waals surface area contributed by atoms with Gasteiger partial charge in [-0.1, -0.05) is 29.9 Å². The van der Waals surface area contributed by atoms with Gasteiger partial charge in [-0.05, 0) is 12.5 Å². The summed E-state index contributed by atoms with van der Waals surface area (Å²) in [5.41, 5.74) is -2.17. The normalized spacial score (nSPS) is 12.0. The Bertz CT molecular complexity index is 1070. The molecule has 25 heavy (non-hydrogen) atoms. The number of fused-ring (bicyclic) bond motifs is 1. The molecule has 0 amide bonds. The van der Waals surface area contributed by atoms with Crippen molar-refractivity contribution in [3.8, 4) is 0 Å². The van der Waals surface area contributed by atoms with Crippen LogP contribution >= 0.6 is 22.9 Å². The van der Waals surface area contributed by atoms with Crippen LogP contribution in [0.3, 0.4) is 0 Å². The predicted octanol–water partition coefficient (Wildman–Crippen LogP) is 2.60. The van der Waals surface area contributed by atoms with Crippen LogP contribution < -0.4 is 11.1 Å². The summed E-state index contributed by atoms with van der Waals surface area (Å²) in [7, 11) is 0. The van der Waals surface area contributed by atoms with Crippen LogP contribution in [0.25, 0.3) is 4.96 Å². The van der Waals surface area contributed by atoms with Gasteiger partial charge in [-0.2, -0.15) is 22.8 Å². The van der Waals surface area contributed by atoms with Crippen molar-refractivity contribution >= 4 is 27.9 Å². The van der Waals surface area contributed by atoms with Crippen LogP contribution in [0, 0.1) is 0 Å². The molecule has 0 unspecified atom stereocenters. The molecule has 0 spiro atoms. The lowest BCUT2D eigenvalue weighted by Crippen LogP contribution is -2.25. The van der Waals surface area contributed by atoms with Crippen molar-refractivity contribution in [2.75, 3.05) is 0 Å². The number of rotatable bonds is 3. The molecule has 0 atom stereocenters. The van der Waals surface area contributed by atoms with Crippen LogP contribution in [-0.2, 0) is 19.1 Å². The molecule has 3 aromatic rings. The molecule has 132 valence electrons. The minimum atomic E-state index is -4.65. The zero-order valence-corrected chi connectivity index (χ0v) is 14.2. The number of aryl methyl sites for hydroxylation is 1. The van der Waals surface area contributed by atoms with E-state index in [2.05, 4.69) is 10.1 Å². The highest BCUT2D eigenvalue weighted by atomic mass is 35.5. The van der Waals surface area contributed by atoms with E-state index in [1.807, 2.05) is 6.92 Å². The first-order valence-electron chi connectivity index (χ1n) is 7.05. The van der Waals surface area contributed by atoms with Crippen molar-refractivity contribution in [2.45, 2.75) is 26.1 Å². The molecule has 0 aliphatic heterocycles. The van der Waals surface area contributed by atoms with Gasteiger partial charge in [-0.3, -0.25) is 9.59 Å². The maximum absolute atomic E-state index is 12.9. The van der Waals surface area contributed by atoms with Gasteiger partial charge in [0.1, 0.15) is 10.0 Å². The molecule has 11 heteroatoms. The fourth-order valence-corrected chi connectivity index (χ4v) is 3.25. The van der Waals surface area contributed by atoms with Gasteiger partial charge in [-0.25, -0.2) is 4.98 Å². The first-order valence-corrected chi connectivity index (χ1v) is 8.24. The average molecular weight is 391 g/mol. The lowest BCUT2D eigenvalue weighted by molar-refractivity contribution is -0.138. The van der Waals surface area contributed by atoms with Gasteiger partial charge in [-0.15, -0.1) is 0 Å². The summed E-state index contributed by atoms with van der Waals surface area (Å²) in [5.74, 6) is 0. The molecule has 0 saturated heterocycles. The summed E-state index contributed by atoms with van der Waals surface area (Å²) in [6.45, 7) is 1.56. The molecule has 6 nitrogen and oxygen atoms in total. The highest BCUT2D eigenvalue weighted by Gasteiger charge is 2.32. The zero-order chi connectivity index (χ0) is 18.4. The molecule has 0 N–H and O–H groups in total. The van der Waals surface area contributed by atoms with E-state index in [4.69, 9.17) is 11.6 Å². The second-order valence-electron chi connectivity index (χ2n) is 5.14. The van der Waals surface area contributed by atoms with E-state index < -0.39 is 27.9 Å². The van der Waals surface area contributed by atoms with Crippen LogP contribution in [0.2, 0.25) is 5.02 Å². The number of pyridine rings is 1. The summed E-state index contributed by atoms with van der Waals surface area (Å²) < 4.78 is 40.6. The average Bonchev–Trinajstić information content (AvgIpc) is 2.94. The van der Waals surface area contributed by atoms with Crippen molar-refractivity contribution < 1.29 is 13.2 Å². The number of halogens is 4. The van der Waals surface area contributed by atoms with E-state index in [0.29, 0.717) is 28.7 Å². The fraction of sp³-hybridized carbons (Fsp3) is 0.286. The Balaban J connectivity index is 2.08. The van der Waals surface area contributed by atoms with Crippen LogP contribution in [-0.4, -0.2) is 19.2 Å². The maximum Gasteiger partial charge on any atom is 0.417 e. The Hall–Kier alpha value is -2.20. The van der Waals surface area contributed by atoms with Crippen molar-refractivity contribution in [1.82, 2.24) is 19.2 Å². The summed E-state index contributed by atoms with van der Waals surface area (Å²) >= 11 is 6.81. The highest BCUT2D eigenvalue weighted by molar-refractivity contribution is 7.16. The SMILES string of the molecule is CCc1nn2c(=O)cc(Cn3cc(C(F)(F)F)cc(Cl)c3=O)nc2s1. The Kier molecular flexibility index (Phi) is 4.41. The Morgan fingerprint density at radius 2 is 2.00 bits per heavy atom. The molecule has 0 bridgehead atoms. The lowest BCUT2D eigenvalue weighted by Gasteiger charge is -2.11. The zero-order valence-electron chi connectivity index (χ0n) is 12.7. The second-order valence-corrected chi connectivity index (χ2v) is 6.58. The molecule has 0 aromatic carbocycles. The third-order valence-electron chi connectivity index (χ3n) is 3.34. The number of alkyl halides is 3. The van der Waals surface area contributed by atoms with Crippen LogP contribution in [0.5, 0.6) is 0 Å². The van der Waals surface area contributed by atoms with Crippen LogP contribution in [0.4, 0.5) is 13.2 Å². The van der Waals surface area contributed by atoms with Crippen LogP contribution in [0.1, 0.15) is 23.2 Å². The standard InChI is InChI=1S/C14H10ClF3N4O2S/c1-2-10-20-22-11(23)4-8(19-13(22)25-10)6-21-5-7(14(16,17)18)3-9(15)12(21)24/h3-5H,2,6H2,1H3. The Morgan fingerprint density at radius 3 is 2.64 bits per heavy atom. The molecular formula is C14H10ClF3N4O2S. The van der Waals surface area contributed by atoms with E-state index in [1.54, 1.807) is 0 Å². The Morgan fingerprint density at radius 1 is 1.28 bits per heavy atom. The van der Waals surface area contributed by atoms with E-state index >= 15 is 0 Å². The number of nitrogens with zero attached hydrogens (tertiary/aromatic N) is 4. The monoisotopic (exact) mass is 390 g/mol. The van der Waals surface area contributed by atoms with Crippen molar-refractivity contribution in [3.05, 3.63) is 60.3 Å². The highest BCUT2D eigenvalue weighted by Crippen LogP contribution is 2.29. The van der Waals surface area contributed by atoms with Gasteiger partial charge in [0, 0.05) is 12.3 Å². The lowest BCUT2D eigenvalue weighted by atomic mass is 10.2. The van der Waals surface area contributed by atoms with Gasteiger partial charge < -0.3 is 4.57 Å². The van der Waals surface area contributed by atoms with Gasteiger partial charge in [0.15, 0.2) is 0 Å². The number of aromatic nitrogens is 4. The molecule has 0 aliphatic rings. The topological polar surface area (TPSA) is 69.3 Å². The van der Waals surface area contributed by atoms with Crippen LogP contribution in [0.15, 0.2) is 27.9 Å². The first kappa shape index (κ1) is 17.6. The molecule has 3 rings (SSSR count). The summed E-state index contributed by atoms with van der Waals surface area (Å²) in [5, 5.41) is 4.22. The molecule has 3 aromatic heterocycles. The van der Waals surface area contributed by atoms with E-state index in [1.165, 1.54) is 11.3 Å². The predicted molar refractivity (Wildman–Crippen MR) is 86.3 cm³/mol. The largest absolute Gasteiger partial charge is 0.417 e. The minimum Gasteiger partial charge on any atom is -0.308 e. The third kappa shape index (κ3) is 3.45. The van der Waals surface area contributed by atoms with E-state index in [0.717, 1.165) is 15.1 Å². The molecule has 0 fully saturated rings. The van der Waals surface area contributed by atoms with Gasteiger partial charge in [0.2, 0.25) is 4.96 Å². The third-order valence-corrected chi connectivity index (χ3v) is 4.67. The van der Waals surface area contributed by atoms with Gasteiger partial charge >= 0.3 is 6.18 Å². The van der Waals surface area contributed by atoms with Crippen molar-refractivity contribution in [1.29, 1.82) is 0 Å². The van der Waals surface area contributed by atoms with E-state index in [9.17, 15) is 22.8 Å². The Labute approximate surface area is 147 Å². The number of hydrogen-bond donors (Lipinski definition) is 0. The summed E-state index contributed by atoms with van der Waals surface area (Å²) in [6.07, 6.45) is -3.38. The fourth-order valence-electron chi connectivity index (χ4n) is 2.17. The minimum absolute atomic E-state index is 0.147. The quantitative estimate of drug-likeness (QED) is 0.689. The maximum atomic E-state index is 12.9. The molecule has 0 radical (unpaired) electrons. The molecule has 0 saturated carbocycles. The molecule has 0 aliphatic carbocycles. The molecule has 3 heterocycles. The van der Waals surface area contributed by atoms with Crippen molar-refractivity contribution in [2.24, 2.45) is 0 Å². The van der Waals surface area contributed by atoms with E-state index in [-0.39, 0.29) is 12.2 Å². The van der Waals surface area contributed by atoms with Gasteiger partial charge in [0.25, 0.3) is 11.1 Å². The second kappa shape index (κ2) is 6.26. The first-order chi connectivity index (χ1) is 11.7. The summed E-state index contributed by atoms with van der Waals surface area (Å²) in [4.78, 5) is 28.6. The molecular weight excluding hydrogens is 381 g/mol. The summed E-state index contributed by atoms with van der Waals surface area (Å²) in [6, 6.07) is 1.70. The number of hydrogen-bond acceptors (Lipinski definition) is 5.